The lowest BCUT2D eigenvalue weighted by Gasteiger charge is -2.08. The molecule has 1 rings (SSSR count). The summed E-state index contributed by atoms with van der Waals surface area (Å²) in [6.45, 7) is -1.37. The number of nitrogens with zero attached hydrogens (tertiary/aromatic N) is 1. The predicted molar refractivity (Wildman–Crippen MR) is 62.4 cm³/mol. The third-order valence-corrected chi connectivity index (χ3v) is 1.94. The summed E-state index contributed by atoms with van der Waals surface area (Å²) in [6, 6.07) is 8.95. The fourth-order valence-electron chi connectivity index (χ4n) is 1.18. The number of hydrazine groups is 1. The summed E-state index contributed by atoms with van der Waals surface area (Å²) >= 11 is 0. The van der Waals surface area contributed by atoms with Crippen molar-refractivity contribution in [2.75, 3.05) is 13.2 Å². The fourth-order valence-corrected chi connectivity index (χ4v) is 1.18. The first-order chi connectivity index (χ1) is 8.51. The Hall–Kier alpha value is -1.60. The van der Waals surface area contributed by atoms with Gasteiger partial charge in [-0.1, -0.05) is 18.2 Å². The minimum absolute atomic E-state index is 0.102. The highest BCUT2D eigenvalue weighted by atomic mass is 19.4. The van der Waals surface area contributed by atoms with Crippen molar-refractivity contribution in [1.29, 1.82) is 0 Å². The van der Waals surface area contributed by atoms with Gasteiger partial charge in [0.05, 0.1) is 12.3 Å². The standard InChI is InChI=1S/C11H14F3N3O/c12-11(13,14)8-18-7-6-10(17-15)16-9-4-2-1-3-5-9/h1-5H,6-8,15H2,(H,16,17). The molecule has 0 saturated heterocycles. The second kappa shape index (κ2) is 6.97. The first-order valence-corrected chi connectivity index (χ1v) is 5.25. The molecular weight excluding hydrogens is 247 g/mol. The first-order valence-electron chi connectivity index (χ1n) is 5.25. The third kappa shape index (κ3) is 6.21. The molecule has 0 aliphatic carbocycles. The van der Waals surface area contributed by atoms with Crippen molar-refractivity contribution in [3.8, 4) is 0 Å². The van der Waals surface area contributed by atoms with E-state index in [4.69, 9.17) is 5.84 Å². The molecule has 7 heteroatoms. The van der Waals surface area contributed by atoms with Crippen molar-refractivity contribution in [2.45, 2.75) is 12.6 Å². The van der Waals surface area contributed by atoms with Crippen LogP contribution in [0.5, 0.6) is 0 Å². The van der Waals surface area contributed by atoms with Crippen molar-refractivity contribution in [2.24, 2.45) is 10.8 Å². The van der Waals surface area contributed by atoms with Crippen LogP contribution in [0.1, 0.15) is 6.42 Å². The number of benzene rings is 1. The molecule has 0 saturated carbocycles. The van der Waals surface area contributed by atoms with Gasteiger partial charge in [-0.05, 0) is 12.1 Å². The smallest absolute Gasteiger partial charge is 0.372 e. The summed E-state index contributed by atoms with van der Waals surface area (Å²) in [5, 5.41) is 0. The van der Waals surface area contributed by atoms with Crippen molar-refractivity contribution in [3.63, 3.8) is 0 Å². The van der Waals surface area contributed by atoms with Crippen LogP contribution in [0.15, 0.2) is 35.3 Å². The number of nitrogens with one attached hydrogen (secondary N) is 1. The van der Waals surface area contributed by atoms with Crippen LogP contribution in [0.2, 0.25) is 0 Å². The summed E-state index contributed by atoms with van der Waals surface area (Å²) in [5.74, 6) is 5.59. The van der Waals surface area contributed by atoms with Crippen LogP contribution in [-0.4, -0.2) is 25.2 Å². The fraction of sp³-hybridized carbons (Fsp3) is 0.364. The Balaban J connectivity index is 2.41. The van der Waals surface area contributed by atoms with Crippen molar-refractivity contribution in [1.82, 2.24) is 5.43 Å². The van der Waals surface area contributed by atoms with E-state index in [1.807, 2.05) is 6.07 Å². The van der Waals surface area contributed by atoms with E-state index in [-0.39, 0.29) is 13.0 Å². The molecule has 0 atom stereocenters. The average molecular weight is 261 g/mol. The lowest BCUT2D eigenvalue weighted by atomic mass is 10.3. The van der Waals surface area contributed by atoms with Gasteiger partial charge in [-0.25, -0.2) is 10.8 Å². The quantitative estimate of drug-likeness (QED) is 0.281. The van der Waals surface area contributed by atoms with Gasteiger partial charge < -0.3 is 10.2 Å². The summed E-state index contributed by atoms with van der Waals surface area (Å²) < 4.78 is 39.9. The highest BCUT2D eigenvalue weighted by molar-refractivity contribution is 5.84. The number of hydrogen-bond acceptors (Lipinski definition) is 3. The van der Waals surface area contributed by atoms with E-state index in [1.165, 1.54) is 0 Å². The van der Waals surface area contributed by atoms with Crippen LogP contribution in [0.3, 0.4) is 0 Å². The van der Waals surface area contributed by atoms with E-state index in [2.05, 4.69) is 15.2 Å². The maximum Gasteiger partial charge on any atom is 0.411 e. The van der Waals surface area contributed by atoms with Crippen LogP contribution in [0.25, 0.3) is 0 Å². The van der Waals surface area contributed by atoms with Crippen molar-refractivity contribution < 1.29 is 17.9 Å². The Morgan fingerprint density at radius 1 is 1.28 bits per heavy atom. The number of alkyl halides is 3. The Labute approximate surface area is 103 Å². The molecule has 0 fully saturated rings. The van der Waals surface area contributed by atoms with Crippen LogP contribution in [-0.2, 0) is 4.74 Å². The van der Waals surface area contributed by atoms with E-state index < -0.39 is 12.8 Å². The largest absolute Gasteiger partial charge is 0.411 e. The van der Waals surface area contributed by atoms with E-state index in [0.29, 0.717) is 11.5 Å². The molecule has 0 amide bonds. The second-order valence-corrected chi connectivity index (χ2v) is 3.46. The normalized spacial score (nSPS) is 12.6. The summed E-state index contributed by atoms with van der Waals surface area (Å²) in [5.41, 5.74) is 3.00. The molecule has 0 unspecified atom stereocenters. The minimum Gasteiger partial charge on any atom is -0.372 e. The maximum atomic E-state index is 11.8. The Kier molecular flexibility index (Phi) is 5.60. The number of rotatable bonds is 5. The number of amidine groups is 1. The van der Waals surface area contributed by atoms with E-state index in [9.17, 15) is 13.2 Å². The van der Waals surface area contributed by atoms with Gasteiger partial charge in [-0.2, -0.15) is 13.2 Å². The minimum atomic E-state index is -4.31. The number of hydrogen-bond donors (Lipinski definition) is 2. The van der Waals surface area contributed by atoms with Crippen LogP contribution >= 0.6 is 0 Å². The predicted octanol–water partition coefficient (Wildman–Crippen LogP) is 2.15. The first kappa shape index (κ1) is 14.5. The van der Waals surface area contributed by atoms with Crippen molar-refractivity contribution in [3.05, 3.63) is 30.3 Å². The van der Waals surface area contributed by atoms with Gasteiger partial charge in [0.15, 0.2) is 0 Å². The maximum absolute atomic E-state index is 11.8. The van der Waals surface area contributed by atoms with Crippen LogP contribution in [0, 0.1) is 0 Å². The van der Waals surface area contributed by atoms with Gasteiger partial charge >= 0.3 is 6.18 Å². The Morgan fingerprint density at radius 2 is 1.94 bits per heavy atom. The molecule has 4 nitrogen and oxygen atoms in total. The van der Waals surface area contributed by atoms with E-state index in [0.717, 1.165) is 0 Å². The molecule has 0 aliphatic heterocycles. The highest BCUT2D eigenvalue weighted by Crippen LogP contribution is 2.14. The molecule has 18 heavy (non-hydrogen) atoms. The van der Waals surface area contributed by atoms with Gasteiger partial charge in [0.2, 0.25) is 0 Å². The highest BCUT2D eigenvalue weighted by Gasteiger charge is 2.27. The van der Waals surface area contributed by atoms with Crippen molar-refractivity contribution >= 4 is 11.5 Å². The number of para-hydroxylation sites is 1. The average Bonchev–Trinajstić information content (AvgIpc) is 2.33. The van der Waals surface area contributed by atoms with Gasteiger partial charge in [0, 0.05) is 6.42 Å². The molecular formula is C11H14F3N3O. The molecule has 0 spiro atoms. The number of ether oxygens (including phenoxy) is 1. The molecule has 1 aromatic rings. The number of aliphatic imine (C=N–C) groups is 1. The zero-order valence-corrected chi connectivity index (χ0v) is 9.57. The molecule has 1 aromatic carbocycles. The van der Waals surface area contributed by atoms with E-state index >= 15 is 0 Å². The van der Waals surface area contributed by atoms with Gasteiger partial charge in [-0.15, -0.1) is 0 Å². The Morgan fingerprint density at radius 3 is 2.50 bits per heavy atom. The number of nitrogens with two attached hydrogens (primary N) is 1. The summed E-state index contributed by atoms with van der Waals surface area (Å²) in [4.78, 5) is 4.13. The van der Waals surface area contributed by atoms with Gasteiger partial charge in [0.1, 0.15) is 12.4 Å². The Bertz CT molecular complexity index is 379. The molecule has 100 valence electrons. The van der Waals surface area contributed by atoms with Gasteiger partial charge in [0.25, 0.3) is 0 Å². The molecule has 0 radical (unpaired) electrons. The molecule has 3 N–H and O–H groups in total. The zero-order valence-electron chi connectivity index (χ0n) is 9.57. The summed E-state index contributed by atoms with van der Waals surface area (Å²) in [6.07, 6.45) is -4.13. The monoisotopic (exact) mass is 261 g/mol. The molecule has 0 aliphatic rings. The van der Waals surface area contributed by atoms with Crippen LogP contribution in [0.4, 0.5) is 18.9 Å². The summed E-state index contributed by atoms with van der Waals surface area (Å²) in [7, 11) is 0. The topological polar surface area (TPSA) is 59.6 Å². The van der Waals surface area contributed by atoms with Gasteiger partial charge in [-0.3, -0.25) is 0 Å². The third-order valence-electron chi connectivity index (χ3n) is 1.94. The SMILES string of the molecule is NNC(CCOCC(F)(F)F)=Nc1ccccc1. The lowest BCUT2D eigenvalue weighted by Crippen LogP contribution is -2.31. The second-order valence-electron chi connectivity index (χ2n) is 3.46. The molecule has 0 bridgehead atoms. The molecule has 0 aromatic heterocycles. The van der Waals surface area contributed by atoms with Crippen LogP contribution < -0.4 is 11.3 Å². The number of halogens is 3. The zero-order chi connectivity index (χ0) is 13.4. The van der Waals surface area contributed by atoms with E-state index in [1.54, 1.807) is 24.3 Å². The lowest BCUT2D eigenvalue weighted by molar-refractivity contribution is -0.173. The molecule has 0 heterocycles.